The first-order valence-corrected chi connectivity index (χ1v) is 10.3. The maximum atomic E-state index is 13.9. The second-order valence-electron chi connectivity index (χ2n) is 7.79. The summed E-state index contributed by atoms with van der Waals surface area (Å²) in [5.74, 6) is 0.162. The summed E-state index contributed by atoms with van der Waals surface area (Å²) in [5, 5.41) is 6.81. The van der Waals surface area contributed by atoms with Gasteiger partial charge in [-0.1, -0.05) is 18.7 Å². The van der Waals surface area contributed by atoms with Crippen LogP contribution in [0.15, 0.2) is 72.2 Å². The second-order valence-corrected chi connectivity index (χ2v) is 7.79. The summed E-state index contributed by atoms with van der Waals surface area (Å²) >= 11 is 0. The summed E-state index contributed by atoms with van der Waals surface area (Å²) in [6.07, 6.45) is 3.13. The van der Waals surface area contributed by atoms with E-state index in [2.05, 4.69) is 16.8 Å². The lowest BCUT2D eigenvalue weighted by molar-refractivity contribution is -0.130. The molecule has 0 atom stereocenters. The Labute approximate surface area is 187 Å². The van der Waals surface area contributed by atoms with Crippen LogP contribution in [0.5, 0.6) is 11.5 Å². The number of rotatable bonds is 5. The number of nitrogens with one attached hydrogen (secondary N) is 1. The molecular weight excluding hydrogens is 425 g/mol. The van der Waals surface area contributed by atoms with Gasteiger partial charge in [-0.15, -0.1) is 0 Å². The maximum absolute atomic E-state index is 13.9. The Morgan fingerprint density at radius 2 is 1.94 bits per heavy atom. The number of H-pyrrole nitrogens is 1. The zero-order chi connectivity index (χ0) is 23.1. The van der Waals surface area contributed by atoms with Crippen LogP contribution in [0.3, 0.4) is 0 Å². The number of nitrogens with zero attached hydrogens (tertiary/aromatic N) is 3. The van der Waals surface area contributed by atoms with Gasteiger partial charge in [0.15, 0.2) is 17.4 Å². The van der Waals surface area contributed by atoms with Crippen LogP contribution in [0.1, 0.15) is 11.5 Å². The smallest absolute Gasteiger partial charge is 0.274 e. The number of nitrogens with two attached hydrogens (primary N) is 1. The van der Waals surface area contributed by atoms with Gasteiger partial charge in [-0.2, -0.15) is 5.10 Å². The standard InChI is InChI=1S/C24H20FN5O3/c1-2-20(31)29-11-14(12-29)17-13-30(22-21(17)24(32)28-27-23(22)26)15-7-9-16(10-8-15)33-19-6-4-3-5-18(19)25/h2-10,13-14H,1,11-12H2,(H2,26,27)(H,28,32). The molecule has 0 unspecified atom stereocenters. The predicted octanol–water partition coefficient (Wildman–Crippen LogP) is 3.34. The first kappa shape index (κ1) is 20.5. The lowest BCUT2D eigenvalue weighted by Gasteiger charge is -2.38. The molecule has 0 saturated carbocycles. The van der Waals surface area contributed by atoms with Gasteiger partial charge in [0.2, 0.25) is 5.91 Å². The van der Waals surface area contributed by atoms with Gasteiger partial charge in [-0.05, 0) is 48.0 Å². The van der Waals surface area contributed by atoms with Crippen molar-refractivity contribution in [3.05, 3.63) is 89.1 Å². The number of hydrogen-bond acceptors (Lipinski definition) is 5. The van der Waals surface area contributed by atoms with E-state index in [4.69, 9.17) is 10.5 Å². The molecule has 1 amide bonds. The van der Waals surface area contributed by atoms with Gasteiger partial charge in [0.1, 0.15) is 11.3 Å². The molecule has 3 heterocycles. The minimum absolute atomic E-state index is 0.00999. The number of para-hydroxylation sites is 1. The van der Waals surface area contributed by atoms with Crippen LogP contribution in [-0.4, -0.2) is 38.7 Å². The van der Waals surface area contributed by atoms with Gasteiger partial charge in [-0.3, -0.25) is 9.59 Å². The summed E-state index contributed by atoms with van der Waals surface area (Å²) < 4.78 is 21.3. The number of anilines is 1. The SMILES string of the molecule is C=CC(=O)N1CC(c2cn(-c3ccc(Oc4ccccc4F)cc3)c3c(N)n[nH]c(=O)c23)C1. The Morgan fingerprint density at radius 1 is 1.21 bits per heavy atom. The van der Waals surface area contributed by atoms with Crippen molar-refractivity contribution in [2.45, 2.75) is 5.92 Å². The fraction of sp³-hybridized carbons (Fsp3) is 0.125. The number of fused-ring (bicyclic) bond motifs is 1. The molecule has 166 valence electrons. The summed E-state index contributed by atoms with van der Waals surface area (Å²) in [7, 11) is 0. The van der Waals surface area contributed by atoms with Gasteiger partial charge < -0.3 is 19.9 Å². The average Bonchev–Trinajstić information content (AvgIpc) is 3.19. The minimum Gasteiger partial charge on any atom is -0.454 e. The molecule has 0 aliphatic carbocycles. The van der Waals surface area contributed by atoms with Crippen molar-refractivity contribution in [2.24, 2.45) is 0 Å². The Morgan fingerprint density at radius 3 is 2.64 bits per heavy atom. The van der Waals surface area contributed by atoms with Crippen LogP contribution in [-0.2, 0) is 4.79 Å². The fourth-order valence-corrected chi connectivity index (χ4v) is 4.06. The Balaban J connectivity index is 1.51. The van der Waals surface area contributed by atoms with E-state index in [0.29, 0.717) is 29.7 Å². The Kier molecular flexibility index (Phi) is 4.93. The number of hydrogen-bond donors (Lipinski definition) is 2. The number of likely N-dealkylation sites (tertiary alicyclic amines) is 1. The van der Waals surface area contributed by atoms with Crippen LogP contribution >= 0.6 is 0 Å². The third-order valence-corrected chi connectivity index (χ3v) is 5.77. The van der Waals surface area contributed by atoms with Crippen LogP contribution in [0.2, 0.25) is 0 Å². The molecule has 1 fully saturated rings. The molecule has 0 bridgehead atoms. The lowest BCUT2D eigenvalue weighted by Crippen LogP contribution is -2.47. The summed E-state index contributed by atoms with van der Waals surface area (Å²) in [6.45, 7) is 4.49. The van der Waals surface area contributed by atoms with E-state index < -0.39 is 5.82 Å². The van der Waals surface area contributed by atoms with Crippen molar-refractivity contribution in [3.63, 3.8) is 0 Å². The predicted molar refractivity (Wildman–Crippen MR) is 122 cm³/mol. The molecule has 4 aromatic rings. The van der Waals surface area contributed by atoms with Crippen LogP contribution in [0.4, 0.5) is 10.2 Å². The van der Waals surface area contributed by atoms with Crippen molar-refractivity contribution < 1.29 is 13.9 Å². The Bertz CT molecular complexity index is 1440. The zero-order valence-corrected chi connectivity index (χ0v) is 17.5. The van der Waals surface area contributed by atoms with Gasteiger partial charge in [-0.25, -0.2) is 9.49 Å². The minimum atomic E-state index is -0.454. The molecule has 1 saturated heterocycles. The van der Waals surface area contributed by atoms with E-state index in [0.717, 1.165) is 11.3 Å². The van der Waals surface area contributed by atoms with Gasteiger partial charge in [0.25, 0.3) is 5.56 Å². The number of carbonyl (C=O) groups excluding carboxylic acids is 1. The molecule has 8 nitrogen and oxygen atoms in total. The normalized spacial score (nSPS) is 13.7. The molecule has 2 aromatic heterocycles. The highest BCUT2D eigenvalue weighted by molar-refractivity contribution is 5.93. The van der Waals surface area contributed by atoms with Gasteiger partial charge in [0, 0.05) is 30.9 Å². The van der Waals surface area contributed by atoms with Crippen LogP contribution < -0.4 is 16.0 Å². The molecule has 2 aromatic carbocycles. The molecule has 9 heteroatoms. The third-order valence-electron chi connectivity index (χ3n) is 5.77. The zero-order valence-electron chi connectivity index (χ0n) is 17.5. The third kappa shape index (κ3) is 3.53. The number of halogens is 1. The highest BCUT2D eigenvalue weighted by atomic mass is 19.1. The van der Waals surface area contributed by atoms with E-state index in [1.54, 1.807) is 51.9 Å². The first-order chi connectivity index (χ1) is 16.0. The molecule has 5 rings (SSSR count). The van der Waals surface area contributed by atoms with E-state index in [9.17, 15) is 14.0 Å². The van der Waals surface area contributed by atoms with Crippen molar-refractivity contribution in [3.8, 4) is 17.2 Å². The number of benzene rings is 2. The second kappa shape index (κ2) is 7.94. The molecule has 33 heavy (non-hydrogen) atoms. The first-order valence-electron chi connectivity index (χ1n) is 10.3. The lowest BCUT2D eigenvalue weighted by atomic mass is 9.91. The Hall–Kier alpha value is -4.40. The topological polar surface area (TPSA) is 106 Å². The number of ether oxygens (including phenoxy) is 1. The van der Waals surface area contributed by atoms with Crippen molar-refractivity contribution in [1.82, 2.24) is 19.7 Å². The van der Waals surface area contributed by atoms with E-state index in [1.165, 1.54) is 12.1 Å². The average molecular weight is 445 g/mol. The van der Waals surface area contributed by atoms with Crippen molar-refractivity contribution >= 4 is 22.6 Å². The highest BCUT2D eigenvalue weighted by Gasteiger charge is 2.34. The number of amides is 1. The monoisotopic (exact) mass is 445 g/mol. The highest BCUT2D eigenvalue weighted by Crippen LogP contribution is 2.35. The van der Waals surface area contributed by atoms with E-state index in [-0.39, 0.29) is 29.0 Å². The van der Waals surface area contributed by atoms with Crippen LogP contribution in [0.25, 0.3) is 16.6 Å². The van der Waals surface area contributed by atoms with E-state index in [1.807, 2.05) is 6.20 Å². The summed E-state index contributed by atoms with van der Waals surface area (Å²) in [5.41, 5.74) is 7.80. The van der Waals surface area contributed by atoms with Gasteiger partial charge >= 0.3 is 0 Å². The molecule has 0 radical (unpaired) electrons. The number of nitrogen functional groups attached to an aromatic ring is 1. The number of carbonyl (C=O) groups is 1. The maximum Gasteiger partial charge on any atom is 0.274 e. The fourth-order valence-electron chi connectivity index (χ4n) is 4.06. The van der Waals surface area contributed by atoms with Crippen molar-refractivity contribution in [2.75, 3.05) is 18.8 Å². The molecule has 1 aliphatic heterocycles. The summed E-state index contributed by atoms with van der Waals surface area (Å²) in [6, 6.07) is 13.1. The van der Waals surface area contributed by atoms with Crippen molar-refractivity contribution in [1.29, 1.82) is 0 Å². The molecule has 0 spiro atoms. The molecule has 1 aliphatic rings. The summed E-state index contributed by atoms with van der Waals surface area (Å²) in [4.78, 5) is 26.2. The quantitative estimate of drug-likeness (QED) is 0.459. The van der Waals surface area contributed by atoms with Gasteiger partial charge in [0.05, 0.1) is 5.39 Å². The largest absolute Gasteiger partial charge is 0.454 e. The number of aromatic nitrogens is 3. The molecular formula is C24H20FN5O3. The van der Waals surface area contributed by atoms with Crippen LogP contribution in [0, 0.1) is 5.82 Å². The molecule has 3 N–H and O–H groups in total. The van der Waals surface area contributed by atoms with E-state index >= 15 is 0 Å². The number of aromatic amines is 1.